The van der Waals surface area contributed by atoms with E-state index in [0.717, 1.165) is 29.7 Å². The average Bonchev–Trinajstić information content (AvgIpc) is 3.33. The summed E-state index contributed by atoms with van der Waals surface area (Å²) in [5.41, 5.74) is 2.91. The topological polar surface area (TPSA) is 71.3 Å². The van der Waals surface area contributed by atoms with Gasteiger partial charge in [0.25, 0.3) is 0 Å². The van der Waals surface area contributed by atoms with E-state index in [-0.39, 0.29) is 11.9 Å². The number of aromatic nitrogens is 2. The van der Waals surface area contributed by atoms with Gasteiger partial charge in [-0.25, -0.2) is 4.79 Å². The molecule has 1 saturated heterocycles. The maximum absolute atomic E-state index is 12.4. The van der Waals surface area contributed by atoms with Crippen molar-refractivity contribution < 1.29 is 9.21 Å². The first-order valence-corrected chi connectivity index (χ1v) is 9.62. The summed E-state index contributed by atoms with van der Waals surface area (Å²) in [7, 11) is 0. The standard InChI is InChI=1S/C19H20N4O2S/c1-13-3-2-4-16(11-13)20-19(24)23-8-5-14(6-9-23)17-21-22-18(25-17)15-7-10-26-12-15/h2-4,7,10-12,14H,5-6,8-9H2,1H3,(H,20,24). The highest BCUT2D eigenvalue weighted by Crippen LogP contribution is 2.30. The van der Waals surface area contributed by atoms with Crippen molar-refractivity contribution in [2.75, 3.05) is 18.4 Å². The molecule has 3 heterocycles. The van der Waals surface area contributed by atoms with E-state index in [4.69, 9.17) is 4.42 Å². The Labute approximate surface area is 155 Å². The van der Waals surface area contributed by atoms with Crippen LogP contribution in [0.5, 0.6) is 0 Å². The number of hydrogen-bond donors (Lipinski definition) is 1. The lowest BCUT2D eigenvalue weighted by Crippen LogP contribution is -2.40. The molecule has 3 aromatic rings. The van der Waals surface area contributed by atoms with Gasteiger partial charge in [0.15, 0.2) is 0 Å². The van der Waals surface area contributed by atoms with Crippen molar-refractivity contribution in [2.24, 2.45) is 0 Å². The molecule has 1 N–H and O–H groups in total. The van der Waals surface area contributed by atoms with Crippen molar-refractivity contribution in [3.63, 3.8) is 0 Å². The number of piperidine rings is 1. The predicted octanol–water partition coefficient (Wildman–Crippen LogP) is 4.52. The van der Waals surface area contributed by atoms with Gasteiger partial charge >= 0.3 is 6.03 Å². The van der Waals surface area contributed by atoms with Crippen LogP contribution in [0.1, 0.15) is 30.2 Å². The van der Waals surface area contributed by atoms with Gasteiger partial charge in [0.2, 0.25) is 11.8 Å². The number of benzene rings is 1. The van der Waals surface area contributed by atoms with Crippen LogP contribution in [0, 0.1) is 6.92 Å². The first kappa shape index (κ1) is 16.8. The van der Waals surface area contributed by atoms with Crippen LogP contribution < -0.4 is 5.32 Å². The van der Waals surface area contributed by atoms with Gasteiger partial charge in [-0.3, -0.25) is 0 Å². The van der Waals surface area contributed by atoms with Crippen molar-refractivity contribution in [1.29, 1.82) is 0 Å². The number of nitrogens with zero attached hydrogens (tertiary/aromatic N) is 3. The Morgan fingerprint density at radius 1 is 1.27 bits per heavy atom. The Morgan fingerprint density at radius 3 is 2.85 bits per heavy atom. The summed E-state index contributed by atoms with van der Waals surface area (Å²) in [4.78, 5) is 14.3. The monoisotopic (exact) mass is 368 g/mol. The molecule has 134 valence electrons. The molecule has 26 heavy (non-hydrogen) atoms. The summed E-state index contributed by atoms with van der Waals surface area (Å²) in [6.45, 7) is 3.37. The molecule has 4 rings (SSSR count). The molecule has 6 nitrogen and oxygen atoms in total. The predicted molar refractivity (Wildman–Crippen MR) is 101 cm³/mol. The lowest BCUT2D eigenvalue weighted by atomic mass is 9.97. The van der Waals surface area contributed by atoms with Gasteiger partial charge in [0.05, 0.1) is 0 Å². The van der Waals surface area contributed by atoms with Crippen LogP contribution in [0.4, 0.5) is 10.5 Å². The highest BCUT2D eigenvalue weighted by atomic mass is 32.1. The summed E-state index contributed by atoms with van der Waals surface area (Å²) < 4.78 is 5.84. The highest BCUT2D eigenvalue weighted by Gasteiger charge is 2.27. The van der Waals surface area contributed by atoms with Gasteiger partial charge in [-0.15, -0.1) is 10.2 Å². The fraction of sp³-hybridized carbons (Fsp3) is 0.316. The second-order valence-corrected chi connectivity index (χ2v) is 7.30. The minimum absolute atomic E-state index is 0.0569. The number of amides is 2. The number of likely N-dealkylation sites (tertiary alicyclic amines) is 1. The van der Waals surface area contributed by atoms with Crippen LogP contribution in [0.3, 0.4) is 0 Å². The molecule has 0 aliphatic carbocycles. The van der Waals surface area contributed by atoms with Gasteiger partial charge in [0.1, 0.15) is 0 Å². The average molecular weight is 368 g/mol. The third kappa shape index (κ3) is 3.62. The summed E-state index contributed by atoms with van der Waals surface area (Å²) in [6.07, 6.45) is 1.65. The van der Waals surface area contributed by atoms with Crippen LogP contribution in [-0.4, -0.2) is 34.2 Å². The first-order chi connectivity index (χ1) is 12.7. The molecule has 0 spiro atoms. The maximum Gasteiger partial charge on any atom is 0.321 e. The van der Waals surface area contributed by atoms with Crippen LogP contribution >= 0.6 is 11.3 Å². The molecule has 0 radical (unpaired) electrons. The zero-order valence-electron chi connectivity index (χ0n) is 14.5. The molecule has 1 aromatic carbocycles. The molecular weight excluding hydrogens is 348 g/mol. The van der Waals surface area contributed by atoms with E-state index >= 15 is 0 Å². The fourth-order valence-electron chi connectivity index (χ4n) is 3.16. The van der Waals surface area contributed by atoms with E-state index in [1.165, 1.54) is 0 Å². The Balaban J connectivity index is 1.34. The molecule has 0 bridgehead atoms. The first-order valence-electron chi connectivity index (χ1n) is 8.67. The summed E-state index contributed by atoms with van der Waals surface area (Å²) in [6, 6.07) is 9.74. The number of carbonyl (C=O) groups is 1. The lowest BCUT2D eigenvalue weighted by Gasteiger charge is -2.30. The number of thiophene rings is 1. The number of nitrogens with one attached hydrogen (secondary N) is 1. The minimum atomic E-state index is -0.0569. The number of hydrogen-bond acceptors (Lipinski definition) is 5. The van der Waals surface area contributed by atoms with Gasteiger partial charge < -0.3 is 14.6 Å². The number of urea groups is 1. The molecule has 0 unspecified atom stereocenters. The number of aryl methyl sites for hydroxylation is 1. The third-order valence-electron chi connectivity index (χ3n) is 4.61. The molecule has 1 aliphatic heterocycles. The highest BCUT2D eigenvalue weighted by molar-refractivity contribution is 7.08. The minimum Gasteiger partial charge on any atom is -0.420 e. The Kier molecular flexibility index (Phi) is 4.71. The number of rotatable bonds is 3. The Bertz CT molecular complexity index is 883. The molecule has 2 amide bonds. The summed E-state index contributed by atoms with van der Waals surface area (Å²) in [5.74, 6) is 1.45. The van der Waals surface area contributed by atoms with Crippen LogP contribution in [-0.2, 0) is 0 Å². The van der Waals surface area contributed by atoms with Crippen molar-refractivity contribution in [1.82, 2.24) is 15.1 Å². The molecule has 1 aliphatic rings. The number of anilines is 1. The van der Waals surface area contributed by atoms with Crippen molar-refractivity contribution in [3.8, 4) is 11.5 Å². The Morgan fingerprint density at radius 2 is 2.12 bits per heavy atom. The molecule has 7 heteroatoms. The van der Waals surface area contributed by atoms with Gasteiger partial charge in [-0.2, -0.15) is 11.3 Å². The summed E-state index contributed by atoms with van der Waals surface area (Å²) >= 11 is 1.61. The van der Waals surface area contributed by atoms with E-state index in [1.807, 2.05) is 52.9 Å². The molecule has 0 saturated carbocycles. The molecule has 0 atom stereocenters. The smallest absolute Gasteiger partial charge is 0.321 e. The molecule has 1 fully saturated rings. The quantitative estimate of drug-likeness (QED) is 0.738. The maximum atomic E-state index is 12.4. The van der Waals surface area contributed by atoms with Crippen LogP contribution in [0.2, 0.25) is 0 Å². The zero-order chi connectivity index (χ0) is 17.9. The lowest BCUT2D eigenvalue weighted by molar-refractivity contribution is 0.190. The van der Waals surface area contributed by atoms with Gasteiger partial charge in [0, 0.05) is 35.6 Å². The molecule has 2 aromatic heterocycles. The summed E-state index contributed by atoms with van der Waals surface area (Å²) in [5, 5.41) is 15.3. The van der Waals surface area contributed by atoms with E-state index < -0.39 is 0 Å². The van der Waals surface area contributed by atoms with Crippen molar-refractivity contribution in [2.45, 2.75) is 25.7 Å². The number of carbonyl (C=O) groups excluding carboxylic acids is 1. The van der Waals surface area contributed by atoms with Crippen molar-refractivity contribution >= 4 is 23.1 Å². The molecular formula is C19H20N4O2S. The third-order valence-corrected chi connectivity index (χ3v) is 5.29. The van der Waals surface area contributed by atoms with Gasteiger partial charge in [-0.05, 0) is 48.9 Å². The van der Waals surface area contributed by atoms with E-state index in [1.54, 1.807) is 11.3 Å². The second kappa shape index (κ2) is 7.29. The van der Waals surface area contributed by atoms with Crippen LogP contribution in [0.15, 0.2) is 45.5 Å². The van der Waals surface area contributed by atoms with E-state index in [0.29, 0.717) is 24.9 Å². The van der Waals surface area contributed by atoms with Crippen LogP contribution in [0.25, 0.3) is 11.5 Å². The van der Waals surface area contributed by atoms with Crippen molar-refractivity contribution in [3.05, 3.63) is 52.5 Å². The SMILES string of the molecule is Cc1cccc(NC(=O)N2CCC(c3nnc(-c4ccsc4)o3)CC2)c1. The second-order valence-electron chi connectivity index (χ2n) is 6.52. The van der Waals surface area contributed by atoms with Gasteiger partial charge in [-0.1, -0.05) is 12.1 Å². The normalized spacial score (nSPS) is 15.2. The zero-order valence-corrected chi connectivity index (χ0v) is 15.3. The largest absolute Gasteiger partial charge is 0.420 e. The van der Waals surface area contributed by atoms with E-state index in [2.05, 4.69) is 15.5 Å². The fourth-order valence-corrected chi connectivity index (χ4v) is 3.79. The Hall–Kier alpha value is -2.67. The van der Waals surface area contributed by atoms with E-state index in [9.17, 15) is 4.79 Å².